The molecule has 1 amide bonds. The Morgan fingerprint density at radius 2 is 1.70 bits per heavy atom. The van der Waals surface area contributed by atoms with Gasteiger partial charge in [-0.25, -0.2) is 15.0 Å². The van der Waals surface area contributed by atoms with E-state index in [9.17, 15) is 4.79 Å². The lowest BCUT2D eigenvalue weighted by molar-refractivity contribution is 0.0767. The number of piperazine rings is 1. The Balaban J connectivity index is 1.26. The summed E-state index contributed by atoms with van der Waals surface area (Å²) in [6, 6.07) is 16.3. The predicted molar refractivity (Wildman–Crippen MR) is 128 cm³/mol. The van der Waals surface area contributed by atoms with Crippen LogP contribution < -0.4 is 15.1 Å². The Morgan fingerprint density at radius 1 is 0.848 bits per heavy atom. The number of carbonyl (C=O) groups excluding carboxylic acids is 1. The molecular formula is C25H29N7O. The van der Waals surface area contributed by atoms with Crippen molar-refractivity contribution in [3.8, 4) is 0 Å². The van der Waals surface area contributed by atoms with E-state index >= 15 is 0 Å². The molecule has 0 spiro atoms. The molecule has 0 radical (unpaired) electrons. The molecule has 1 atom stereocenters. The van der Waals surface area contributed by atoms with E-state index in [1.165, 1.54) is 5.56 Å². The fourth-order valence-electron chi connectivity index (χ4n) is 4.55. The van der Waals surface area contributed by atoms with Gasteiger partial charge >= 0.3 is 0 Å². The number of nitrogens with zero attached hydrogens (tertiary/aromatic N) is 6. The molecule has 2 aliphatic heterocycles. The molecule has 0 unspecified atom stereocenters. The van der Waals surface area contributed by atoms with Crippen molar-refractivity contribution in [1.29, 1.82) is 0 Å². The van der Waals surface area contributed by atoms with E-state index in [1.807, 2.05) is 29.2 Å². The third-order valence-corrected chi connectivity index (χ3v) is 6.31. The first-order valence-corrected chi connectivity index (χ1v) is 11.6. The molecule has 0 saturated carbocycles. The van der Waals surface area contributed by atoms with Crippen LogP contribution in [0.4, 0.5) is 11.8 Å². The second-order valence-corrected chi connectivity index (χ2v) is 8.45. The molecule has 5 rings (SSSR count). The van der Waals surface area contributed by atoms with E-state index < -0.39 is 0 Å². The third kappa shape index (κ3) is 4.96. The average molecular weight is 444 g/mol. The molecule has 2 saturated heterocycles. The molecule has 1 aromatic carbocycles. The zero-order chi connectivity index (χ0) is 22.5. The zero-order valence-electron chi connectivity index (χ0n) is 18.7. The Hall–Kier alpha value is -3.52. The Morgan fingerprint density at radius 3 is 2.55 bits per heavy atom. The molecule has 8 nitrogen and oxygen atoms in total. The second kappa shape index (κ2) is 9.95. The number of hydrogen-bond donors (Lipinski definition) is 1. The largest absolute Gasteiger partial charge is 0.353 e. The highest BCUT2D eigenvalue weighted by Gasteiger charge is 2.24. The Labute approximate surface area is 194 Å². The molecule has 8 heteroatoms. The molecule has 2 aromatic heterocycles. The van der Waals surface area contributed by atoms with Crippen LogP contribution in [0.5, 0.6) is 0 Å². The fourth-order valence-corrected chi connectivity index (χ4v) is 4.55. The molecule has 0 aliphatic carbocycles. The van der Waals surface area contributed by atoms with Gasteiger partial charge in [0.05, 0.1) is 0 Å². The lowest BCUT2D eigenvalue weighted by atomic mass is 10.0. The maximum absolute atomic E-state index is 13.3. The van der Waals surface area contributed by atoms with E-state index in [4.69, 9.17) is 0 Å². The summed E-state index contributed by atoms with van der Waals surface area (Å²) in [5, 5.41) is 3.59. The van der Waals surface area contributed by atoms with Crippen LogP contribution in [0.2, 0.25) is 0 Å². The van der Waals surface area contributed by atoms with Crippen LogP contribution in [-0.4, -0.2) is 71.6 Å². The number of benzene rings is 1. The second-order valence-electron chi connectivity index (χ2n) is 8.45. The molecule has 2 aliphatic rings. The van der Waals surface area contributed by atoms with Gasteiger partial charge in [-0.15, -0.1) is 0 Å². The Kier molecular flexibility index (Phi) is 6.44. The quantitative estimate of drug-likeness (QED) is 0.663. The van der Waals surface area contributed by atoms with Crippen molar-refractivity contribution in [2.45, 2.75) is 12.5 Å². The highest BCUT2D eigenvalue weighted by Crippen LogP contribution is 2.22. The first-order valence-electron chi connectivity index (χ1n) is 11.6. The molecular weight excluding hydrogens is 414 g/mol. The lowest BCUT2D eigenvalue weighted by Gasteiger charge is -2.35. The van der Waals surface area contributed by atoms with Crippen molar-refractivity contribution in [2.24, 2.45) is 0 Å². The van der Waals surface area contributed by atoms with Crippen LogP contribution in [0.15, 0.2) is 67.1 Å². The summed E-state index contributed by atoms with van der Waals surface area (Å²) in [4.78, 5) is 33.0. The minimum absolute atomic E-state index is 0.0595. The van der Waals surface area contributed by atoms with Crippen LogP contribution in [0.3, 0.4) is 0 Å². The minimum atomic E-state index is 0.0595. The highest BCUT2D eigenvalue weighted by atomic mass is 16.2. The molecule has 170 valence electrons. The van der Waals surface area contributed by atoms with Crippen LogP contribution in [0.25, 0.3) is 0 Å². The smallest absolute Gasteiger partial charge is 0.254 e. The average Bonchev–Trinajstić information content (AvgIpc) is 3.16. The van der Waals surface area contributed by atoms with E-state index in [2.05, 4.69) is 54.3 Å². The number of rotatable bonds is 4. The van der Waals surface area contributed by atoms with Crippen molar-refractivity contribution >= 4 is 17.7 Å². The summed E-state index contributed by atoms with van der Waals surface area (Å²) in [6.45, 7) is 5.51. The van der Waals surface area contributed by atoms with Crippen molar-refractivity contribution < 1.29 is 4.79 Å². The van der Waals surface area contributed by atoms with Gasteiger partial charge in [0, 0.05) is 76.0 Å². The number of carbonyl (C=O) groups is 1. The minimum Gasteiger partial charge on any atom is -0.353 e. The van der Waals surface area contributed by atoms with Crippen molar-refractivity contribution in [1.82, 2.24) is 25.2 Å². The molecule has 4 heterocycles. The van der Waals surface area contributed by atoms with Crippen LogP contribution in [0.1, 0.15) is 28.4 Å². The summed E-state index contributed by atoms with van der Waals surface area (Å²) >= 11 is 0. The number of pyridine rings is 1. The van der Waals surface area contributed by atoms with Gasteiger partial charge in [0.1, 0.15) is 5.82 Å². The van der Waals surface area contributed by atoms with Gasteiger partial charge in [0.25, 0.3) is 5.91 Å². The SMILES string of the molecule is O=C(c1ccnc(N2CCN[C@H](c3ccccc3)C2)c1)N1CCCN(c2ncccn2)CC1. The van der Waals surface area contributed by atoms with Gasteiger partial charge in [-0.3, -0.25) is 4.79 Å². The summed E-state index contributed by atoms with van der Waals surface area (Å²) in [5.41, 5.74) is 1.96. The standard InChI is InChI=1S/C25H29N7O/c33-24(30-13-5-14-31(17-16-30)25-28-9-4-10-29-25)21-8-11-27-23(18-21)32-15-12-26-22(19-32)20-6-2-1-3-7-20/h1-4,6-11,18,22,26H,5,12-17,19H2/t22-/m0/s1. The molecule has 2 fully saturated rings. The lowest BCUT2D eigenvalue weighted by Crippen LogP contribution is -2.46. The molecule has 33 heavy (non-hydrogen) atoms. The highest BCUT2D eigenvalue weighted by molar-refractivity contribution is 5.95. The van der Waals surface area contributed by atoms with Crippen LogP contribution in [0, 0.1) is 0 Å². The van der Waals surface area contributed by atoms with E-state index in [0.29, 0.717) is 12.1 Å². The van der Waals surface area contributed by atoms with Crippen molar-refractivity contribution in [3.05, 3.63) is 78.2 Å². The van der Waals surface area contributed by atoms with Crippen molar-refractivity contribution in [3.63, 3.8) is 0 Å². The van der Waals surface area contributed by atoms with Gasteiger partial charge in [-0.2, -0.15) is 0 Å². The molecule has 3 aromatic rings. The first-order chi connectivity index (χ1) is 16.3. The van der Waals surface area contributed by atoms with E-state index in [0.717, 1.165) is 57.5 Å². The normalized spacial score (nSPS) is 19.3. The predicted octanol–water partition coefficient (Wildman–Crippen LogP) is 2.38. The van der Waals surface area contributed by atoms with E-state index in [-0.39, 0.29) is 11.9 Å². The monoisotopic (exact) mass is 443 g/mol. The fraction of sp³-hybridized carbons (Fsp3) is 0.360. The molecule has 0 bridgehead atoms. The van der Waals surface area contributed by atoms with Gasteiger partial charge in [-0.05, 0) is 30.2 Å². The summed E-state index contributed by atoms with van der Waals surface area (Å²) < 4.78 is 0. The van der Waals surface area contributed by atoms with Crippen LogP contribution >= 0.6 is 0 Å². The number of hydrogen-bond acceptors (Lipinski definition) is 7. The maximum atomic E-state index is 13.3. The third-order valence-electron chi connectivity index (χ3n) is 6.31. The molecule has 1 N–H and O–H groups in total. The summed E-state index contributed by atoms with van der Waals surface area (Å²) in [6.07, 6.45) is 6.16. The maximum Gasteiger partial charge on any atom is 0.254 e. The zero-order valence-corrected chi connectivity index (χ0v) is 18.7. The van der Waals surface area contributed by atoms with Gasteiger partial charge in [0.2, 0.25) is 5.95 Å². The summed E-state index contributed by atoms with van der Waals surface area (Å²) in [7, 11) is 0. The van der Waals surface area contributed by atoms with E-state index in [1.54, 1.807) is 18.6 Å². The van der Waals surface area contributed by atoms with Gasteiger partial charge in [-0.1, -0.05) is 30.3 Å². The van der Waals surface area contributed by atoms with Gasteiger partial charge < -0.3 is 20.0 Å². The van der Waals surface area contributed by atoms with Gasteiger partial charge in [0.15, 0.2) is 0 Å². The topological polar surface area (TPSA) is 77.5 Å². The first kappa shape index (κ1) is 21.3. The summed E-state index contributed by atoms with van der Waals surface area (Å²) in [5.74, 6) is 1.64. The number of anilines is 2. The van der Waals surface area contributed by atoms with Crippen LogP contribution in [-0.2, 0) is 0 Å². The number of amides is 1. The van der Waals surface area contributed by atoms with Crippen molar-refractivity contribution in [2.75, 3.05) is 55.6 Å². The number of aromatic nitrogens is 3. The Bertz CT molecular complexity index is 1060. The number of nitrogens with one attached hydrogen (secondary N) is 1.